The molecular weight excluding hydrogens is 773 g/mol. The predicted molar refractivity (Wildman–Crippen MR) is 208 cm³/mol. The number of hydrogen-bond acceptors (Lipinski definition) is 16. The summed E-state index contributed by atoms with van der Waals surface area (Å²) in [4.78, 5) is 33.2. The van der Waals surface area contributed by atoms with Crippen molar-refractivity contribution in [1.29, 1.82) is 0 Å². The number of aromatic nitrogens is 3. The molecule has 0 aromatic carbocycles. The van der Waals surface area contributed by atoms with E-state index >= 15 is 0 Å². The number of aryl methyl sites for hydroxylation is 1. The van der Waals surface area contributed by atoms with Crippen LogP contribution < -0.4 is 10.6 Å². The smallest absolute Gasteiger partial charge is 0.379 e. The molecule has 334 valence electrons. The van der Waals surface area contributed by atoms with Crippen LogP contribution in [0.2, 0.25) is 0 Å². The third-order valence-electron chi connectivity index (χ3n) is 7.28. The van der Waals surface area contributed by atoms with Crippen molar-refractivity contribution in [2.75, 3.05) is 145 Å². The summed E-state index contributed by atoms with van der Waals surface area (Å²) in [6.07, 6.45) is 6.16. The van der Waals surface area contributed by atoms with Gasteiger partial charge in [-0.15, -0.1) is 5.10 Å². The minimum atomic E-state index is -4.17. The number of carbonyl (C=O) groups is 2. The van der Waals surface area contributed by atoms with Crippen molar-refractivity contribution in [2.24, 2.45) is 0 Å². The van der Waals surface area contributed by atoms with E-state index in [2.05, 4.69) is 27.9 Å². The van der Waals surface area contributed by atoms with Gasteiger partial charge >= 0.3 is 7.82 Å². The number of hydrogen-bond donors (Lipinski definition) is 3. The molecule has 1 aromatic heterocycles. The van der Waals surface area contributed by atoms with Crippen LogP contribution in [-0.2, 0) is 78.8 Å². The van der Waals surface area contributed by atoms with E-state index in [4.69, 9.17) is 51.7 Å². The Kier molecular flexibility index (Phi) is 36.4. The molecule has 1 atom stereocenters. The van der Waals surface area contributed by atoms with Crippen molar-refractivity contribution >= 4 is 19.6 Å². The summed E-state index contributed by atoms with van der Waals surface area (Å²) in [5, 5.41) is 13.8. The van der Waals surface area contributed by atoms with Crippen LogP contribution in [0.4, 0.5) is 0 Å². The van der Waals surface area contributed by atoms with Crippen LogP contribution in [-0.4, -0.2) is 177 Å². The van der Waals surface area contributed by atoms with Crippen LogP contribution in [0.5, 0.6) is 0 Å². The second kappa shape index (κ2) is 39.3. The van der Waals surface area contributed by atoms with E-state index < -0.39 is 7.82 Å². The van der Waals surface area contributed by atoms with Gasteiger partial charge in [0.25, 0.3) is 0 Å². The van der Waals surface area contributed by atoms with Crippen LogP contribution in [0.25, 0.3) is 0 Å². The average molecular weight is 844 g/mol. The van der Waals surface area contributed by atoms with Gasteiger partial charge in [0.05, 0.1) is 138 Å². The number of unbranched alkanes of at least 4 members (excludes halogenated alkanes) is 1. The highest BCUT2D eigenvalue weighted by Crippen LogP contribution is 2.43. The van der Waals surface area contributed by atoms with Crippen molar-refractivity contribution in [2.45, 2.75) is 65.3 Å². The molecule has 1 aromatic rings. The number of nitrogens with one attached hydrogen (secondary N) is 2. The lowest BCUT2D eigenvalue weighted by molar-refractivity contribution is -0.123. The van der Waals surface area contributed by atoms with Gasteiger partial charge in [-0.2, -0.15) is 0 Å². The van der Waals surface area contributed by atoms with Crippen molar-refractivity contribution in [3.63, 3.8) is 0 Å². The normalized spacial score (nSPS) is 12.5. The standard InChI is InChI=1S/C36H70N5O15P/c1-3-10-37-35(42)8-15-47-20-22-49-17-11-38-36(43)9-16-48-21-23-50-18-12-41-33-34(39-40-41)7-5-6-14-55-57(44,45)56-32-31-54-30-29-53-28-27-52-26-25-51-24-19-46-13-4-2/h33H,3-32H2,1-2H3,(H,37,42)(H,38,43)(H,44,45). The van der Waals surface area contributed by atoms with E-state index in [1.807, 2.05) is 13.1 Å². The maximum atomic E-state index is 12.1. The van der Waals surface area contributed by atoms with Crippen molar-refractivity contribution in [1.82, 2.24) is 25.6 Å². The first-order valence-electron chi connectivity index (χ1n) is 20.1. The summed E-state index contributed by atoms with van der Waals surface area (Å²) >= 11 is 0. The average Bonchev–Trinajstić information content (AvgIpc) is 3.65. The number of phosphoric ester groups is 1. The van der Waals surface area contributed by atoms with Gasteiger partial charge in [0.2, 0.25) is 11.8 Å². The third-order valence-corrected chi connectivity index (χ3v) is 8.30. The van der Waals surface area contributed by atoms with E-state index in [1.165, 1.54) is 0 Å². The van der Waals surface area contributed by atoms with Gasteiger partial charge < -0.3 is 58.2 Å². The molecule has 0 spiro atoms. The number of nitrogens with zero attached hydrogens (tertiary/aromatic N) is 3. The minimum Gasteiger partial charge on any atom is -0.379 e. The predicted octanol–water partition coefficient (Wildman–Crippen LogP) is 1.72. The molecule has 0 fully saturated rings. The zero-order chi connectivity index (χ0) is 41.3. The van der Waals surface area contributed by atoms with Gasteiger partial charge in [-0.3, -0.25) is 18.6 Å². The molecule has 1 heterocycles. The summed E-state index contributed by atoms with van der Waals surface area (Å²) in [7, 11) is -4.17. The summed E-state index contributed by atoms with van der Waals surface area (Å²) in [5.74, 6) is -0.142. The number of rotatable bonds is 44. The zero-order valence-corrected chi connectivity index (χ0v) is 35.1. The molecule has 2 amide bonds. The number of carbonyl (C=O) groups excluding carboxylic acids is 2. The maximum Gasteiger partial charge on any atom is 0.472 e. The molecule has 0 bridgehead atoms. The van der Waals surface area contributed by atoms with E-state index in [9.17, 15) is 19.0 Å². The molecule has 3 N–H and O–H groups in total. The monoisotopic (exact) mass is 843 g/mol. The largest absolute Gasteiger partial charge is 0.472 e. The Bertz CT molecular complexity index is 1120. The minimum absolute atomic E-state index is 0.0184. The van der Waals surface area contributed by atoms with Crippen molar-refractivity contribution in [3.8, 4) is 0 Å². The van der Waals surface area contributed by atoms with Gasteiger partial charge in [0.15, 0.2) is 0 Å². The molecule has 0 radical (unpaired) electrons. The van der Waals surface area contributed by atoms with Gasteiger partial charge in [0, 0.05) is 38.7 Å². The Hall–Kier alpha value is -2.17. The van der Waals surface area contributed by atoms with Crippen molar-refractivity contribution < 1.29 is 70.7 Å². The van der Waals surface area contributed by atoms with Crippen LogP contribution in [0.3, 0.4) is 0 Å². The van der Waals surface area contributed by atoms with Crippen LogP contribution in [0.15, 0.2) is 6.20 Å². The van der Waals surface area contributed by atoms with E-state index in [-0.39, 0.29) is 44.7 Å². The van der Waals surface area contributed by atoms with Gasteiger partial charge in [-0.1, -0.05) is 19.1 Å². The Morgan fingerprint density at radius 1 is 0.579 bits per heavy atom. The Balaban J connectivity index is 1.87. The molecule has 0 aliphatic carbocycles. The molecule has 21 heteroatoms. The lowest BCUT2D eigenvalue weighted by Crippen LogP contribution is -2.28. The first kappa shape index (κ1) is 52.8. The highest BCUT2D eigenvalue weighted by atomic mass is 31.2. The van der Waals surface area contributed by atoms with E-state index in [1.54, 1.807) is 4.68 Å². The molecule has 0 saturated carbocycles. The summed E-state index contributed by atoms with van der Waals surface area (Å²) < 4.78 is 72.5. The maximum absolute atomic E-state index is 12.1. The second-order valence-corrected chi connectivity index (χ2v) is 13.7. The zero-order valence-electron chi connectivity index (χ0n) is 34.2. The summed E-state index contributed by atoms with van der Waals surface area (Å²) in [6, 6.07) is 0. The summed E-state index contributed by atoms with van der Waals surface area (Å²) in [5.41, 5.74) is 0.795. The number of phosphoric acid groups is 1. The Morgan fingerprint density at radius 3 is 1.58 bits per heavy atom. The SMILES string of the molecule is CCCNC(=O)CCOCCOCCNC(=O)CCOCCOCCn1cc(CCCCOP(=O)(O)OCCOCCOCCOCCOCCOCCC)nn1. The van der Waals surface area contributed by atoms with E-state index in [0.717, 1.165) is 25.1 Å². The first-order chi connectivity index (χ1) is 27.9. The molecule has 0 aliphatic rings. The quantitative estimate of drug-likeness (QED) is 0.0628. The van der Waals surface area contributed by atoms with E-state index in [0.29, 0.717) is 144 Å². The lowest BCUT2D eigenvalue weighted by Gasteiger charge is -2.12. The van der Waals surface area contributed by atoms with Gasteiger partial charge in [0.1, 0.15) is 0 Å². The van der Waals surface area contributed by atoms with Gasteiger partial charge in [-0.05, 0) is 32.1 Å². The lowest BCUT2D eigenvalue weighted by atomic mass is 10.2. The molecule has 1 unspecified atom stereocenters. The number of ether oxygens (including phenoxy) is 9. The van der Waals surface area contributed by atoms with Crippen LogP contribution >= 0.6 is 7.82 Å². The fourth-order valence-electron chi connectivity index (χ4n) is 4.36. The highest BCUT2D eigenvalue weighted by molar-refractivity contribution is 7.47. The van der Waals surface area contributed by atoms with Crippen LogP contribution in [0.1, 0.15) is 58.1 Å². The molecule has 0 aliphatic heterocycles. The molecule has 57 heavy (non-hydrogen) atoms. The molecular formula is C36H70N5O15P. The molecule has 20 nitrogen and oxygen atoms in total. The first-order valence-corrected chi connectivity index (χ1v) is 21.6. The second-order valence-electron chi connectivity index (χ2n) is 12.3. The Labute approximate surface area is 338 Å². The number of amides is 2. The van der Waals surface area contributed by atoms with Gasteiger partial charge in [-0.25, -0.2) is 9.25 Å². The fourth-order valence-corrected chi connectivity index (χ4v) is 5.10. The molecule has 1 rings (SSSR count). The Morgan fingerprint density at radius 2 is 1.04 bits per heavy atom. The highest BCUT2D eigenvalue weighted by Gasteiger charge is 2.20. The molecule has 0 saturated heterocycles. The van der Waals surface area contributed by atoms with Crippen molar-refractivity contribution in [3.05, 3.63) is 11.9 Å². The fraction of sp³-hybridized carbons (Fsp3) is 0.889. The van der Waals surface area contributed by atoms with Crippen LogP contribution in [0, 0.1) is 0 Å². The topological polar surface area (TPSA) is 228 Å². The summed E-state index contributed by atoms with van der Waals surface area (Å²) in [6.45, 7) is 13.2. The third kappa shape index (κ3) is 36.6.